The van der Waals surface area contributed by atoms with Gasteiger partial charge in [-0.3, -0.25) is 19.2 Å². The van der Waals surface area contributed by atoms with Crippen LogP contribution in [0.15, 0.2) is 0 Å². The van der Waals surface area contributed by atoms with Gasteiger partial charge in [0.1, 0.15) is 17.7 Å². The first-order valence-corrected chi connectivity index (χ1v) is 10.5. The summed E-state index contributed by atoms with van der Waals surface area (Å²) in [6.45, 7) is 5.26. The van der Waals surface area contributed by atoms with E-state index in [9.17, 15) is 24.0 Å². The summed E-state index contributed by atoms with van der Waals surface area (Å²) in [6.07, 6.45) is 1.80. The summed E-state index contributed by atoms with van der Waals surface area (Å²) in [5.74, 6) is -2.04. The van der Waals surface area contributed by atoms with Crippen molar-refractivity contribution in [2.24, 2.45) is 5.73 Å². The highest BCUT2D eigenvalue weighted by Gasteiger charge is 2.28. The Bertz CT molecular complexity index is 675. The van der Waals surface area contributed by atoms with Gasteiger partial charge < -0.3 is 31.3 Å². The van der Waals surface area contributed by atoms with Crippen molar-refractivity contribution in [3.8, 4) is 0 Å². The van der Waals surface area contributed by atoms with Crippen LogP contribution in [-0.4, -0.2) is 72.4 Å². The summed E-state index contributed by atoms with van der Waals surface area (Å²) in [5.41, 5.74) is 4.60. The lowest BCUT2D eigenvalue weighted by Crippen LogP contribution is -2.52. The van der Waals surface area contributed by atoms with Crippen molar-refractivity contribution in [1.29, 1.82) is 0 Å². The Morgan fingerprint density at radius 2 is 1.77 bits per heavy atom. The topological polar surface area (TPSA) is 160 Å². The van der Waals surface area contributed by atoms with Crippen LogP contribution in [0.2, 0.25) is 0 Å². The van der Waals surface area contributed by atoms with Gasteiger partial charge in [0.05, 0.1) is 6.54 Å². The first-order chi connectivity index (χ1) is 14.4. The number of likely N-dealkylation sites (N-methyl/N-ethyl adjacent to an activating group) is 1. The molecule has 1 saturated heterocycles. The lowest BCUT2D eigenvalue weighted by molar-refractivity contribution is -0.137. The number of hydrogen-bond acceptors (Lipinski definition) is 6. The second kappa shape index (κ2) is 12.1. The zero-order valence-electron chi connectivity index (χ0n) is 18.8. The van der Waals surface area contributed by atoms with Crippen molar-refractivity contribution < 1.29 is 28.7 Å². The standard InChI is InChI=1S/C20H35N5O6/c1-20(2,3)31-19(30)24-14-8-6-5-7-11-22-15(26)10-9-13(17(21)28)23-16(27)12-25(4)18(14)29/h13-14H,5-12H2,1-4H3,(H2,21,28)(H,22,26)(H,23,27)(H,24,30)/t13-,14-/m0/s1. The van der Waals surface area contributed by atoms with E-state index in [0.29, 0.717) is 25.8 Å². The number of nitrogens with zero attached hydrogens (tertiary/aromatic N) is 1. The second-order valence-electron chi connectivity index (χ2n) is 8.65. The van der Waals surface area contributed by atoms with Crippen LogP contribution in [0, 0.1) is 0 Å². The van der Waals surface area contributed by atoms with Crippen LogP contribution in [0.1, 0.15) is 59.3 Å². The molecule has 0 aromatic carbocycles. The zero-order chi connectivity index (χ0) is 23.6. The highest BCUT2D eigenvalue weighted by molar-refractivity contribution is 5.91. The Labute approximate surface area is 182 Å². The third-order valence-electron chi connectivity index (χ3n) is 4.58. The molecule has 0 aromatic heterocycles. The molecule has 0 aromatic rings. The Kier molecular flexibility index (Phi) is 10.2. The predicted octanol–water partition coefficient (Wildman–Crippen LogP) is -0.221. The average Bonchev–Trinajstić information content (AvgIpc) is 2.63. The molecule has 5 amide bonds. The van der Waals surface area contributed by atoms with Crippen LogP contribution in [0.4, 0.5) is 4.79 Å². The van der Waals surface area contributed by atoms with E-state index in [1.165, 1.54) is 11.9 Å². The van der Waals surface area contributed by atoms with Gasteiger partial charge in [-0.1, -0.05) is 12.8 Å². The number of carbonyl (C=O) groups excluding carboxylic acids is 5. The van der Waals surface area contributed by atoms with Gasteiger partial charge >= 0.3 is 6.09 Å². The van der Waals surface area contributed by atoms with E-state index >= 15 is 0 Å². The summed E-state index contributed by atoms with van der Waals surface area (Å²) in [7, 11) is 1.43. The van der Waals surface area contributed by atoms with Crippen molar-refractivity contribution in [2.45, 2.75) is 77.0 Å². The molecule has 31 heavy (non-hydrogen) atoms. The van der Waals surface area contributed by atoms with Gasteiger partial charge in [-0.2, -0.15) is 0 Å². The molecule has 1 rings (SSSR count). The molecule has 1 heterocycles. The Balaban J connectivity index is 2.91. The molecule has 2 atom stereocenters. The smallest absolute Gasteiger partial charge is 0.408 e. The molecule has 1 aliphatic rings. The van der Waals surface area contributed by atoms with Crippen LogP contribution >= 0.6 is 0 Å². The van der Waals surface area contributed by atoms with Crippen molar-refractivity contribution in [3.63, 3.8) is 0 Å². The van der Waals surface area contributed by atoms with E-state index in [0.717, 1.165) is 6.42 Å². The van der Waals surface area contributed by atoms with Gasteiger partial charge in [-0.25, -0.2) is 4.79 Å². The van der Waals surface area contributed by atoms with Crippen LogP contribution in [0.3, 0.4) is 0 Å². The molecule has 0 bridgehead atoms. The molecule has 0 spiro atoms. The maximum Gasteiger partial charge on any atom is 0.408 e. The third kappa shape index (κ3) is 10.7. The number of nitrogens with two attached hydrogens (primary N) is 1. The average molecular weight is 442 g/mol. The Hall–Kier alpha value is -2.85. The van der Waals surface area contributed by atoms with E-state index in [1.54, 1.807) is 20.8 Å². The molecule has 5 N–H and O–H groups in total. The molecular formula is C20H35N5O6. The second-order valence-corrected chi connectivity index (χ2v) is 8.65. The minimum absolute atomic E-state index is 0.0462. The maximum atomic E-state index is 12.9. The number of primary amides is 1. The number of rotatable bonds is 2. The van der Waals surface area contributed by atoms with E-state index in [1.807, 2.05) is 0 Å². The molecule has 11 heteroatoms. The quantitative estimate of drug-likeness (QED) is 0.463. The van der Waals surface area contributed by atoms with Crippen molar-refractivity contribution >= 4 is 29.7 Å². The van der Waals surface area contributed by atoms with Crippen LogP contribution < -0.4 is 21.7 Å². The molecule has 1 fully saturated rings. The van der Waals surface area contributed by atoms with Crippen LogP contribution in [0.5, 0.6) is 0 Å². The molecule has 0 saturated carbocycles. The highest BCUT2D eigenvalue weighted by atomic mass is 16.6. The SMILES string of the molecule is CN1CC(=O)N[C@H](C(N)=O)CCC(=O)NCCCCC[C@H](NC(=O)OC(C)(C)C)C1=O. The fraction of sp³-hybridized carbons (Fsp3) is 0.750. The van der Waals surface area contributed by atoms with Crippen molar-refractivity contribution in [3.05, 3.63) is 0 Å². The van der Waals surface area contributed by atoms with E-state index in [2.05, 4.69) is 16.0 Å². The van der Waals surface area contributed by atoms with Crippen molar-refractivity contribution in [2.75, 3.05) is 20.1 Å². The van der Waals surface area contributed by atoms with Gasteiger partial charge in [0.25, 0.3) is 0 Å². The fourth-order valence-corrected chi connectivity index (χ4v) is 3.03. The van der Waals surface area contributed by atoms with Crippen molar-refractivity contribution in [1.82, 2.24) is 20.9 Å². The number of ether oxygens (including phenoxy) is 1. The number of alkyl carbamates (subject to hydrolysis) is 1. The summed E-state index contributed by atoms with van der Waals surface area (Å²) >= 11 is 0. The number of carbonyl (C=O) groups is 5. The minimum atomic E-state index is -1.02. The molecule has 1 aliphatic heterocycles. The lowest BCUT2D eigenvalue weighted by Gasteiger charge is -2.27. The molecule has 0 aliphatic carbocycles. The third-order valence-corrected chi connectivity index (χ3v) is 4.58. The predicted molar refractivity (Wildman–Crippen MR) is 113 cm³/mol. The largest absolute Gasteiger partial charge is 0.444 e. The van der Waals surface area contributed by atoms with E-state index in [4.69, 9.17) is 10.5 Å². The fourth-order valence-electron chi connectivity index (χ4n) is 3.03. The monoisotopic (exact) mass is 441 g/mol. The highest BCUT2D eigenvalue weighted by Crippen LogP contribution is 2.11. The summed E-state index contributed by atoms with van der Waals surface area (Å²) in [6, 6.07) is -1.90. The van der Waals surface area contributed by atoms with Crippen LogP contribution in [-0.2, 0) is 23.9 Å². The maximum absolute atomic E-state index is 12.9. The summed E-state index contributed by atoms with van der Waals surface area (Å²) in [5, 5.41) is 7.79. The summed E-state index contributed by atoms with van der Waals surface area (Å²) in [4.78, 5) is 62.1. The normalized spacial score (nSPS) is 22.8. The molecule has 0 unspecified atom stereocenters. The first-order valence-electron chi connectivity index (χ1n) is 10.5. The van der Waals surface area contributed by atoms with Gasteiger partial charge in [0.2, 0.25) is 23.6 Å². The molecule has 0 radical (unpaired) electrons. The van der Waals surface area contributed by atoms with E-state index < -0.39 is 41.5 Å². The van der Waals surface area contributed by atoms with Gasteiger partial charge in [0.15, 0.2) is 0 Å². The van der Waals surface area contributed by atoms with Gasteiger partial charge in [-0.15, -0.1) is 0 Å². The first kappa shape index (κ1) is 26.2. The lowest BCUT2D eigenvalue weighted by atomic mass is 10.1. The zero-order valence-corrected chi connectivity index (χ0v) is 18.8. The van der Waals surface area contributed by atoms with Gasteiger partial charge in [-0.05, 0) is 40.0 Å². The van der Waals surface area contributed by atoms with Gasteiger partial charge in [0, 0.05) is 20.0 Å². The Morgan fingerprint density at radius 1 is 1.10 bits per heavy atom. The molecular weight excluding hydrogens is 406 g/mol. The number of amides is 5. The number of nitrogens with one attached hydrogen (secondary N) is 3. The minimum Gasteiger partial charge on any atom is -0.444 e. The molecule has 11 nitrogen and oxygen atoms in total. The number of hydrogen-bond donors (Lipinski definition) is 4. The Morgan fingerprint density at radius 3 is 2.39 bits per heavy atom. The van der Waals surface area contributed by atoms with Crippen LogP contribution in [0.25, 0.3) is 0 Å². The van der Waals surface area contributed by atoms with E-state index in [-0.39, 0.29) is 25.3 Å². The molecule has 176 valence electrons. The summed E-state index contributed by atoms with van der Waals surface area (Å²) < 4.78 is 5.24.